The number of hydrogen-bond donors (Lipinski definition) is 3. The molecule has 0 aliphatic carbocycles. The second-order valence-corrected chi connectivity index (χ2v) is 4.16. The lowest BCUT2D eigenvalue weighted by atomic mass is 10.0. The summed E-state index contributed by atoms with van der Waals surface area (Å²) >= 11 is 0. The average molecular weight is 222 g/mol. The quantitative estimate of drug-likeness (QED) is 0.680. The number of phenolic OH excluding ortho intramolecular Hbond substituents is 1. The first-order valence-corrected chi connectivity index (χ1v) is 5.31. The van der Waals surface area contributed by atoms with Crippen LogP contribution in [0.5, 0.6) is 5.75 Å². The van der Waals surface area contributed by atoms with Gasteiger partial charge in [-0.15, -0.1) is 0 Å². The molecule has 0 aromatic heterocycles. The lowest BCUT2D eigenvalue weighted by Crippen LogP contribution is -2.49. The first kappa shape index (κ1) is 12.5. The zero-order valence-corrected chi connectivity index (χ0v) is 9.87. The number of carbonyl (C=O) groups excluding carboxylic acids is 1. The Hall–Kier alpha value is -1.55. The maximum atomic E-state index is 11.9. The number of benzene rings is 1. The second kappa shape index (κ2) is 4.99. The fourth-order valence-electron chi connectivity index (χ4n) is 1.35. The van der Waals surface area contributed by atoms with Gasteiger partial charge in [0.25, 0.3) is 0 Å². The third-order valence-electron chi connectivity index (χ3n) is 2.31. The fourth-order valence-corrected chi connectivity index (χ4v) is 1.35. The van der Waals surface area contributed by atoms with Crippen molar-refractivity contribution in [2.75, 3.05) is 11.9 Å². The Labute approximate surface area is 95.7 Å². The summed E-state index contributed by atoms with van der Waals surface area (Å²) in [5.74, 6) is 0.0870. The van der Waals surface area contributed by atoms with Gasteiger partial charge in [0.2, 0.25) is 5.91 Å². The summed E-state index contributed by atoms with van der Waals surface area (Å²) < 4.78 is 0. The van der Waals surface area contributed by atoms with Crippen molar-refractivity contribution in [3.8, 4) is 5.75 Å². The lowest BCUT2D eigenvalue weighted by molar-refractivity contribution is -0.121. The zero-order valence-electron chi connectivity index (χ0n) is 9.87. The van der Waals surface area contributed by atoms with Crippen LogP contribution in [0.15, 0.2) is 24.3 Å². The van der Waals surface area contributed by atoms with Crippen LogP contribution in [0.25, 0.3) is 0 Å². The van der Waals surface area contributed by atoms with Crippen LogP contribution >= 0.6 is 0 Å². The van der Waals surface area contributed by atoms with Crippen LogP contribution in [0.3, 0.4) is 0 Å². The van der Waals surface area contributed by atoms with Crippen molar-refractivity contribution in [2.45, 2.75) is 26.3 Å². The molecule has 16 heavy (non-hydrogen) atoms. The van der Waals surface area contributed by atoms with E-state index < -0.39 is 5.54 Å². The minimum atomic E-state index is -0.605. The number of nitrogens with one attached hydrogen (secondary N) is 2. The molecule has 88 valence electrons. The molecule has 1 aromatic rings. The molecule has 1 rings (SSSR count). The Balaban J connectivity index is 2.67. The molecule has 0 saturated heterocycles. The number of likely N-dealkylation sites (N-methyl/N-ethyl adjacent to an activating group) is 1. The van der Waals surface area contributed by atoms with Crippen molar-refractivity contribution >= 4 is 11.6 Å². The highest BCUT2D eigenvalue weighted by atomic mass is 16.3. The minimum absolute atomic E-state index is 0.0972. The summed E-state index contributed by atoms with van der Waals surface area (Å²) in [5.41, 5.74) is 0.0703. The van der Waals surface area contributed by atoms with E-state index >= 15 is 0 Å². The van der Waals surface area contributed by atoms with Gasteiger partial charge < -0.3 is 15.7 Å². The molecule has 0 heterocycles. The van der Waals surface area contributed by atoms with E-state index in [1.807, 2.05) is 20.8 Å². The van der Waals surface area contributed by atoms with Crippen molar-refractivity contribution < 1.29 is 9.90 Å². The second-order valence-electron chi connectivity index (χ2n) is 4.16. The molecule has 0 atom stereocenters. The summed E-state index contributed by atoms with van der Waals surface area (Å²) in [4.78, 5) is 11.9. The van der Waals surface area contributed by atoms with Gasteiger partial charge in [-0.2, -0.15) is 0 Å². The summed E-state index contributed by atoms with van der Waals surface area (Å²) in [6.45, 7) is 6.34. The van der Waals surface area contributed by atoms with E-state index in [1.165, 1.54) is 12.1 Å². The monoisotopic (exact) mass is 222 g/mol. The SMILES string of the molecule is CCNC(C)(C)C(=O)Nc1ccc(O)cc1. The number of anilines is 1. The molecular formula is C12H18N2O2. The number of carbonyl (C=O) groups is 1. The first-order valence-electron chi connectivity index (χ1n) is 5.31. The van der Waals surface area contributed by atoms with Crippen molar-refractivity contribution in [1.82, 2.24) is 5.32 Å². The van der Waals surface area contributed by atoms with Gasteiger partial charge in [0.15, 0.2) is 0 Å². The van der Waals surface area contributed by atoms with Crippen LogP contribution in [-0.4, -0.2) is 23.1 Å². The van der Waals surface area contributed by atoms with E-state index in [0.29, 0.717) is 5.69 Å². The van der Waals surface area contributed by atoms with Gasteiger partial charge in [-0.05, 0) is 44.7 Å². The number of hydrogen-bond acceptors (Lipinski definition) is 3. The Morgan fingerprint density at radius 1 is 1.31 bits per heavy atom. The van der Waals surface area contributed by atoms with Crippen LogP contribution < -0.4 is 10.6 Å². The van der Waals surface area contributed by atoms with Crippen molar-refractivity contribution in [2.24, 2.45) is 0 Å². The largest absolute Gasteiger partial charge is 0.508 e. The van der Waals surface area contributed by atoms with Gasteiger partial charge >= 0.3 is 0 Å². The van der Waals surface area contributed by atoms with Crippen LogP contribution in [0.4, 0.5) is 5.69 Å². The maximum Gasteiger partial charge on any atom is 0.244 e. The predicted octanol–water partition coefficient (Wildman–Crippen LogP) is 1.72. The molecule has 0 aliphatic heterocycles. The summed E-state index contributed by atoms with van der Waals surface area (Å²) in [5, 5.41) is 15.0. The smallest absolute Gasteiger partial charge is 0.244 e. The van der Waals surface area contributed by atoms with Crippen LogP contribution in [-0.2, 0) is 4.79 Å². The molecule has 0 aliphatic rings. The average Bonchev–Trinajstić information content (AvgIpc) is 2.21. The normalized spacial score (nSPS) is 11.2. The van der Waals surface area contributed by atoms with E-state index in [0.717, 1.165) is 6.54 Å². The maximum absolute atomic E-state index is 11.9. The Kier molecular flexibility index (Phi) is 3.90. The third kappa shape index (κ3) is 3.24. The van der Waals surface area contributed by atoms with Crippen molar-refractivity contribution in [3.63, 3.8) is 0 Å². The molecule has 3 N–H and O–H groups in total. The number of amides is 1. The molecule has 1 amide bonds. The zero-order chi connectivity index (χ0) is 12.2. The van der Waals surface area contributed by atoms with Crippen LogP contribution in [0.2, 0.25) is 0 Å². The molecule has 0 fully saturated rings. The molecular weight excluding hydrogens is 204 g/mol. The number of phenols is 1. The number of rotatable bonds is 4. The molecule has 0 unspecified atom stereocenters. The van der Waals surface area contributed by atoms with E-state index in [9.17, 15) is 4.79 Å². The third-order valence-corrected chi connectivity index (χ3v) is 2.31. The van der Waals surface area contributed by atoms with Gasteiger partial charge in [0.05, 0.1) is 5.54 Å². The first-order chi connectivity index (χ1) is 7.45. The van der Waals surface area contributed by atoms with E-state index in [2.05, 4.69) is 10.6 Å². The van der Waals surface area contributed by atoms with Crippen LogP contribution in [0, 0.1) is 0 Å². The lowest BCUT2D eigenvalue weighted by Gasteiger charge is -2.24. The van der Waals surface area contributed by atoms with E-state index in [-0.39, 0.29) is 11.7 Å². The Bertz CT molecular complexity index is 358. The van der Waals surface area contributed by atoms with Crippen LogP contribution in [0.1, 0.15) is 20.8 Å². The van der Waals surface area contributed by atoms with Gasteiger partial charge in [-0.25, -0.2) is 0 Å². The minimum Gasteiger partial charge on any atom is -0.508 e. The summed E-state index contributed by atoms with van der Waals surface area (Å²) in [7, 11) is 0. The number of aromatic hydroxyl groups is 1. The topological polar surface area (TPSA) is 61.4 Å². The molecule has 4 nitrogen and oxygen atoms in total. The standard InChI is InChI=1S/C12H18N2O2/c1-4-13-12(2,3)11(16)14-9-5-7-10(15)8-6-9/h5-8,13,15H,4H2,1-3H3,(H,14,16). The molecule has 0 bridgehead atoms. The Morgan fingerprint density at radius 2 is 1.88 bits per heavy atom. The van der Waals surface area contributed by atoms with Gasteiger partial charge in [0, 0.05) is 5.69 Å². The van der Waals surface area contributed by atoms with Gasteiger partial charge in [-0.3, -0.25) is 4.79 Å². The molecule has 0 saturated carbocycles. The Morgan fingerprint density at radius 3 is 2.38 bits per heavy atom. The van der Waals surface area contributed by atoms with E-state index in [4.69, 9.17) is 5.11 Å². The van der Waals surface area contributed by atoms with Gasteiger partial charge in [-0.1, -0.05) is 6.92 Å². The summed E-state index contributed by atoms with van der Waals surface area (Å²) in [6.07, 6.45) is 0. The fraction of sp³-hybridized carbons (Fsp3) is 0.417. The molecule has 4 heteroatoms. The van der Waals surface area contributed by atoms with Gasteiger partial charge in [0.1, 0.15) is 5.75 Å². The highest BCUT2D eigenvalue weighted by Crippen LogP contribution is 2.15. The summed E-state index contributed by atoms with van der Waals surface area (Å²) in [6, 6.07) is 6.40. The molecule has 1 aromatic carbocycles. The van der Waals surface area contributed by atoms with Crippen molar-refractivity contribution in [1.29, 1.82) is 0 Å². The highest BCUT2D eigenvalue weighted by Gasteiger charge is 2.25. The highest BCUT2D eigenvalue weighted by molar-refractivity contribution is 5.97. The van der Waals surface area contributed by atoms with Crippen molar-refractivity contribution in [3.05, 3.63) is 24.3 Å². The van der Waals surface area contributed by atoms with E-state index in [1.54, 1.807) is 12.1 Å². The predicted molar refractivity (Wildman–Crippen MR) is 64.5 cm³/mol. The molecule has 0 spiro atoms. The molecule has 0 radical (unpaired) electrons.